The van der Waals surface area contributed by atoms with E-state index >= 15 is 0 Å². The van der Waals surface area contributed by atoms with E-state index in [4.69, 9.17) is 10.5 Å². The molecule has 0 unspecified atom stereocenters. The van der Waals surface area contributed by atoms with Gasteiger partial charge in [0.2, 0.25) is 0 Å². The van der Waals surface area contributed by atoms with Gasteiger partial charge in [0.25, 0.3) is 0 Å². The number of pyridine rings is 1. The quantitative estimate of drug-likeness (QED) is 0.451. The fourth-order valence-corrected chi connectivity index (χ4v) is 4.27. The number of aromatic nitrogens is 2. The van der Waals surface area contributed by atoms with Crippen LogP contribution >= 0.6 is 0 Å². The summed E-state index contributed by atoms with van der Waals surface area (Å²) in [6, 6.07) is 12.6. The fourth-order valence-electron chi connectivity index (χ4n) is 4.27. The first-order valence-corrected chi connectivity index (χ1v) is 9.88. The van der Waals surface area contributed by atoms with E-state index in [2.05, 4.69) is 42.0 Å². The molecule has 4 heteroatoms. The first-order chi connectivity index (χ1) is 13.6. The first kappa shape index (κ1) is 18.5. The molecule has 2 heterocycles. The van der Waals surface area contributed by atoms with Gasteiger partial charge in [-0.2, -0.15) is 0 Å². The van der Waals surface area contributed by atoms with Crippen LogP contribution in [-0.2, 0) is 6.42 Å². The highest BCUT2D eigenvalue weighted by molar-refractivity contribution is 6.02. The van der Waals surface area contributed by atoms with Crippen LogP contribution < -0.4 is 10.5 Å². The summed E-state index contributed by atoms with van der Waals surface area (Å²) >= 11 is 0. The van der Waals surface area contributed by atoms with E-state index in [-0.39, 0.29) is 0 Å². The maximum Gasteiger partial charge on any atom is 0.128 e. The standard InChI is InChI=1S/C24H27N3O/c1-15-13-16(2)22-18(7-4-5-11-25)24(27-20(22)14-15)23-17-8-6-12-26-19(17)9-10-21(23)28-3/h6,8-10,12-14,27H,4-5,7,11,25H2,1-3H3. The molecule has 4 rings (SSSR count). The van der Waals surface area contributed by atoms with Crippen LogP contribution in [0, 0.1) is 13.8 Å². The topological polar surface area (TPSA) is 63.9 Å². The summed E-state index contributed by atoms with van der Waals surface area (Å²) < 4.78 is 5.77. The van der Waals surface area contributed by atoms with Gasteiger partial charge in [0.1, 0.15) is 5.75 Å². The number of ether oxygens (including phenoxy) is 1. The molecule has 0 saturated carbocycles. The number of rotatable bonds is 6. The van der Waals surface area contributed by atoms with Crippen molar-refractivity contribution < 1.29 is 4.74 Å². The summed E-state index contributed by atoms with van der Waals surface area (Å²) in [5, 5.41) is 2.42. The van der Waals surface area contributed by atoms with Crippen molar-refractivity contribution in [1.29, 1.82) is 0 Å². The van der Waals surface area contributed by atoms with Crippen LogP contribution in [0.4, 0.5) is 0 Å². The SMILES string of the molecule is COc1ccc2ncccc2c1-c1[nH]c2cc(C)cc(C)c2c1CCCCN. The number of nitrogens with one attached hydrogen (secondary N) is 1. The highest BCUT2D eigenvalue weighted by atomic mass is 16.5. The smallest absolute Gasteiger partial charge is 0.128 e. The second-order valence-electron chi connectivity index (χ2n) is 7.44. The maximum absolute atomic E-state index is 5.77. The number of methoxy groups -OCH3 is 1. The number of fused-ring (bicyclic) bond motifs is 2. The molecule has 0 aliphatic carbocycles. The zero-order valence-electron chi connectivity index (χ0n) is 16.8. The lowest BCUT2D eigenvalue weighted by Gasteiger charge is -2.13. The molecule has 2 aromatic heterocycles. The Balaban J connectivity index is 2.05. The molecule has 2 aromatic carbocycles. The third-order valence-electron chi connectivity index (χ3n) is 5.44. The van der Waals surface area contributed by atoms with Crippen molar-refractivity contribution in [2.24, 2.45) is 5.73 Å². The van der Waals surface area contributed by atoms with Crippen molar-refractivity contribution >= 4 is 21.8 Å². The van der Waals surface area contributed by atoms with Gasteiger partial charge < -0.3 is 15.5 Å². The van der Waals surface area contributed by atoms with Crippen LogP contribution in [0.1, 0.15) is 29.5 Å². The zero-order chi connectivity index (χ0) is 19.7. The predicted octanol–water partition coefficient (Wildman–Crippen LogP) is 5.29. The Morgan fingerprint density at radius 1 is 1.11 bits per heavy atom. The summed E-state index contributed by atoms with van der Waals surface area (Å²) in [6.45, 7) is 5.06. The molecule has 0 aliphatic rings. The molecule has 144 valence electrons. The van der Waals surface area contributed by atoms with Gasteiger partial charge in [-0.25, -0.2) is 0 Å². The van der Waals surface area contributed by atoms with Gasteiger partial charge in [-0.05, 0) is 80.6 Å². The minimum absolute atomic E-state index is 0.720. The zero-order valence-corrected chi connectivity index (χ0v) is 16.8. The van der Waals surface area contributed by atoms with E-state index in [1.165, 1.54) is 27.6 Å². The van der Waals surface area contributed by atoms with E-state index in [1.807, 2.05) is 24.4 Å². The Morgan fingerprint density at radius 2 is 1.96 bits per heavy atom. The second kappa shape index (κ2) is 7.64. The van der Waals surface area contributed by atoms with Crippen LogP contribution in [-0.4, -0.2) is 23.6 Å². The van der Waals surface area contributed by atoms with Crippen LogP contribution in [0.2, 0.25) is 0 Å². The molecular weight excluding hydrogens is 346 g/mol. The highest BCUT2D eigenvalue weighted by Gasteiger charge is 2.20. The molecule has 3 N–H and O–H groups in total. The van der Waals surface area contributed by atoms with Gasteiger partial charge in [0, 0.05) is 28.0 Å². The lowest BCUT2D eigenvalue weighted by atomic mass is 9.95. The number of nitrogens with zero attached hydrogens (tertiary/aromatic N) is 1. The highest BCUT2D eigenvalue weighted by Crippen LogP contribution is 2.41. The monoisotopic (exact) mass is 373 g/mol. The number of hydrogen-bond donors (Lipinski definition) is 2. The van der Waals surface area contributed by atoms with E-state index < -0.39 is 0 Å². The Labute approximate surface area is 165 Å². The largest absolute Gasteiger partial charge is 0.496 e. The molecule has 0 radical (unpaired) electrons. The number of unbranched alkanes of at least 4 members (excludes halogenated alkanes) is 1. The lowest BCUT2D eigenvalue weighted by Crippen LogP contribution is -2.00. The van der Waals surface area contributed by atoms with Crippen molar-refractivity contribution in [1.82, 2.24) is 9.97 Å². The van der Waals surface area contributed by atoms with Gasteiger partial charge in [-0.1, -0.05) is 12.1 Å². The summed E-state index contributed by atoms with van der Waals surface area (Å²) in [5.41, 5.74) is 14.0. The van der Waals surface area contributed by atoms with Crippen LogP contribution in [0.3, 0.4) is 0 Å². The molecule has 0 bridgehead atoms. The van der Waals surface area contributed by atoms with Crippen LogP contribution in [0.25, 0.3) is 33.1 Å². The van der Waals surface area contributed by atoms with Gasteiger partial charge in [-0.3, -0.25) is 4.98 Å². The number of aromatic amines is 1. The molecule has 4 nitrogen and oxygen atoms in total. The summed E-state index contributed by atoms with van der Waals surface area (Å²) in [6.07, 6.45) is 4.90. The summed E-state index contributed by atoms with van der Waals surface area (Å²) in [5.74, 6) is 0.863. The van der Waals surface area contributed by atoms with E-state index in [9.17, 15) is 0 Å². The third-order valence-corrected chi connectivity index (χ3v) is 5.44. The molecule has 0 fully saturated rings. The Bertz CT molecular complexity index is 1140. The number of H-pyrrole nitrogens is 1. The number of aryl methyl sites for hydroxylation is 3. The van der Waals surface area contributed by atoms with Gasteiger partial charge in [0.05, 0.1) is 18.3 Å². The van der Waals surface area contributed by atoms with Crippen molar-refractivity contribution in [3.05, 3.63) is 59.3 Å². The molecule has 28 heavy (non-hydrogen) atoms. The van der Waals surface area contributed by atoms with E-state index in [0.717, 1.165) is 53.7 Å². The van der Waals surface area contributed by atoms with Crippen LogP contribution in [0.5, 0.6) is 5.75 Å². The van der Waals surface area contributed by atoms with Crippen molar-refractivity contribution in [3.63, 3.8) is 0 Å². The average molecular weight is 374 g/mol. The van der Waals surface area contributed by atoms with Crippen molar-refractivity contribution in [2.45, 2.75) is 33.1 Å². The fraction of sp³-hybridized carbons (Fsp3) is 0.292. The first-order valence-electron chi connectivity index (χ1n) is 9.88. The number of benzene rings is 2. The van der Waals surface area contributed by atoms with Gasteiger partial charge in [-0.15, -0.1) is 0 Å². The number of nitrogens with two attached hydrogens (primary N) is 1. The van der Waals surface area contributed by atoms with Crippen molar-refractivity contribution in [2.75, 3.05) is 13.7 Å². The predicted molar refractivity (Wildman–Crippen MR) is 117 cm³/mol. The number of hydrogen-bond acceptors (Lipinski definition) is 3. The summed E-state index contributed by atoms with van der Waals surface area (Å²) in [4.78, 5) is 8.26. The minimum Gasteiger partial charge on any atom is -0.496 e. The lowest BCUT2D eigenvalue weighted by molar-refractivity contribution is 0.417. The van der Waals surface area contributed by atoms with Gasteiger partial charge in [0.15, 0.2) is 0 Å². The van der Waals surface area contributed by atoms with Gasteiger partial charge >= 0.3 is 0 Å². The Kier molecular flexibility index (Phi) is 5.05. The molecule has 0 aliphatic heterocycles. The van der Waals surface area contributed by atoms with Crippen molar-refractivity contribution in [3.8, 4) is 17.0 Å². The van der Waals surface area contributed by atoms with Crippen LogP contribution in [0.15, 0.2) is 42.6 Å². The van der Waals surface area contributed by atoms with E-state index in [0.29, 0.717) is 0 Å². The summed E-state index contributed by atoms with van der Waals surface area (Å²) in [7, 11) is 1.73. The minimum atomic E-state index is 0.720. The molecular formula is C24H27N3O. The molecule has 0 spiro atoms. The van der Waals surface area contributed by atoms with E-state index in [1.54, 1.807) is 7.11 Å². The molecule has 0 saturated heterocycles. The molecule has 4 aromatic rings. The molecule has 0 atom stereocenters. The average Bonchev–Trinajstić information content (AvgIpc) is 3.05. The second-order valence-corrected chi connectivity index (χ2v) is 7.44. The normalized spacial score (nSPS) is 11.4. The third kappa shape index (κ3) is 3.14. The molecule has 0 amide bonds. The Morgan fingerprint density at radius 3 is 2.75 bits per heavy atom. The maximum atomic E-state index is 5.77. The Hall–Kier alpha value is -2.85.